The maximum atomic E-state index is 12.2. The number of halogens is 2. The highest BCUT2D eigenvalue weighted by atomic mass is 35.5. The number of hydrogen-bond acceptors (Lipinski definition) is 2. The van der Waals surface area contributed by atoms with Gasteiger partial charge in [0, 0.05) is 5.02 Å². The highest BCUT2D eigenvalue weighted by molar-refractivity contribution is 7.80. The zero-order chi connectivity index (χ0) is 13.3. The van der Waals surface area contributed by atoms with E-state index in [1.165, 1.54) is 0 Å². The van der Waals surface area contributed by atoms with Crippen molar-refractivity contribution in [3.8, 4) is 0 Å². The first-order chi connectivity index (χ1) is 8.45. The molecule has 0 aromatic heterocycles. The SMILES string of the molecule is NC(=S)C1(C(=O)Nc2cc(Cl)ccc2Cl)CCC1. The van der Waals surface area contributed by atoms with Crippen molar-refractivity contribution in [3.05, 3.63) is 28.2 Å². The summed E-state index contributed by atoms with van der Waals surface area (Å²) in [5.74, 6) is -0.203. The van der Waals surface area contributed by atoms with Crippen molar-refractivity contribution in [1.29, 1.82) is 0 Å². The van der Waals surface area contributed by atoms with Gasteiger partial charge in [0.25, 0.3) is 0 Å². The van der Waals surface area contributed by atoms with E-state index in [0.29, 0.717) is 28.6 Å². The average Bonchev–Trinajstić information content (AvgIpc) is 2.21. The molecule has 1 aliphatic rings. The summed E-state index contributed by atoms with van der Waals surface area (Å²) in [7, 11) is 0. The van der Waals surface area contributed by atoms with Gasteiger partial charge in [-0.05, 0) is 31.0 Å². The van der Waals surface area contributed by atoms with E-state index in [1.54, 1.807) is 18.2 Å². The Morgan fingerprint density at radius 3 is 2.56 bits per heavy atom. The Morgan fingerprint density at radius 1 is 1.39 bits per heavy atom. The lowest BCUT2D eigenvalue weighted by Crippen LogP contribution is -2.50. The summed E-state index contributed by atoms with van der Waals surface area (Å²) in [6.07, 6.45) is 2.33. The van der Waals surface area contributed by atoms with Crippen LogP contribution in [0.1, 0.15) is 19.3 Å². The van der Waals surface area contributed by atoms with Crippen LogP contribution in [0.15, 0.2) is 18.2 Å². The molecule has 18 heavy (non-hydrogen) atoms. The van der Waals surface area contributed by atoms with E-state index in [4.69, 9.17) is 41.2 Å². The topological polar surface area (TPSA) is 55.1 Å². The summed E-state index contributed by atoms with van der Waals surface area (Å²) in [5.41, 5.74) is 5.43. The van der Waals surface area contributed by atoms with Gasteiger partial charge in [0.2, 0.25) is 5.91 Å². The summed E-state index contributed by atoms with van der Waals surface area (Å²) < 4.78 is 0. The zero-order valence-corrected chi connectivity index (χ0v) is 11.8. The molecular weight excluding hydrogens is 291 g/mol. The number of benzene rings is 1. The summed E-state index contributed by atoms with van der Waals surface area (Å²) >= 11 is 16.8. The van der Waals surface area contributed by atoms with Crippen LogP contribution in [0.3, 0.4) is 0 Å². The molecule has 6 heteroatoms. The number of nitrogens with two attached hydrogens (primary N) is 1. The fraction of sp³-hybridized carbons (Fsp3) is 0.333. The highest BCUT2D eigenvalue weighted by Gasteiger charge is 2.47. The Kier molecular flexibility index (Phi) is 3.80. The number of nitrogens with one attached hydrogen (secondary N) is 1. The van der Waals surface area contributed by atoms with E-state index < -0.39 is 5.41 Å². The Bertz CT molecular complexity index is 515. The molecule has 3 N–H and O–H groups in total. The van der Waals surface area contributed by atoms with E-state index >= 15 is 0 Å². The first-order valence-electron chi connectivity index (χ1n) is 5.52. The Balaban J connectivity index is 2.21. The van der Waals surface area contributed by atoms with Crippen molar-refractivity contribution >= 4 is 52.0 Å². The maximum Gasteiger partial charge on any atom is 0.237 e. The van der Waals surface area contributed by atoms with E-state index in [1.807, 2.05) is 0 Å². The number of hydrogen-bond donors (Lipinski definition) is 2. The molecule has 0 radical (unpaired) electrons. The van der Waals surface area contributed by atoms with Gasteiger partial charge in [0.1, 0.15) is 0 Å². The monoisotopic (exact) mass is 302 g/mol. The minimum Gasteiger partial charge on any atom is -0.392 e. The summed E-state index contributed by atoms with van der Waals surface area (Å²) in [6.45, 7) is 0. The lowest BCUT2D eigenvalue weighted by molar-refractivity contribution is -0.125. The molecule has 0 aliphatic heterocycles. The number of carbonyl (C=O) groups excluding carboxylic acids is 1. The zero-order valence-electron chi connectivity index (χ0n) is 9.50. The first-order valence-corrected chi connectivity index (χ1v) is 6.68. The van der Waals surface area contributed by atoms with Crippen LogP contribution < -0.4 is 11.1 Å². The second kappa shape index (κ2) is 5.03. The second-order valence-corrected chi connectivity index (χ2v) is 5.66. The van der Waals surface area contributed by atoms with Crippen LogP contribution in [0.4, 0.5) is 5.69 Å². The van der Waals surface area contributed by atoms with Crippen LogP contribution in [0, 0.1) is 5.41 Å². The molecule has 3 nitrogen and oxygen atoms in total. The first kappa shape index (κ1) is 13.6. The third kappa shape index (κ3) is 2.32. The molecule has 1 amide bonds. The highest BCUT2D eigenvalue weighted by Crippen LogP contribution is 2.42. The predicted molar refractivity (Wildman–Crippen MR) is 78.2 cm³/mol. The largest absolute Gasteiger partial charge is 0.392 e. The quantitative estimate of drug-likeness (QED) is 0.842. The average molecular weight is 303 g/mol. The molecule has 0 saturated heterocycles. The molecule has 96 valence electrons. The lowest BCUT2D eigenvalue weighted by atomic mass is 9.68. The molecule has 1 aliphatic carbocycles. The number of anilines is 1. The molecule has 1 aromatic carbocycles. The second-order valence-electron chi connectivity index (χ2n) is 4.38. The summed E-state index contributed by atoms with van der Waals surface area (Å²) in [4.78, 5) is 12.5. The Hall–Kier alpha value is -0.840. The normalized spacial score (nSPS) is 16.8. The van der Waals surface area contributed by atoms with Crippen LogP contribution >= 0.6 is 35.4 Å². The van der Waals surface area contributed by atoms with Gasteiger partial charge in [-0.2, -0.15) is 0 Å². The van der Waals surface area contributed by atoms with Gasteiger partial charge < -0.3 is 11.1 Å². The van der Waals surface area contributed by atoms with Gasteiger partial charge in [-0.25, -0.2) is 0 Å². The van der Waals surface area contributed by atoms with Crippen molar-refractivity contribution in [2.24, 2.45) is 11.1 Å². The van der Waals surface area contributed by atoms with Crippen molar-refractivity contribution < 1.29 is 4.79 Å². The number of amides is 1. The van der Waals surface area contributed by atoms with Gasteiger partial charge in [-0.3, -0.25) is 4.79 Å². The van der Waals surface area contributed by atoms with E-state index in [9.17, 15) is 4.79 Å². The third-order valence-corrected chi connectivity index (χ3v) is 4.25. The molecule has 1 saturated carbocycles. The molecule has 1 fully saturated rings. The fourth-order valence-corrected chi connectivity index (χ4v) is 2.58. The van der Waals surface area contributed by atoms with Crippen molar-refractivity contribution in [3.63, 3.8) is 0 Å². The van der Waals surface area contributed by atoms with Crippen molar-refractivity contribution in [2.45, 2.75) is 19.3 Å². The summed E-state index contributed by atoms with van der Waals surface area (Å²) in [5, 5.41) is 3.69. The van der Waals surface area contributed by atoms with Gasteiger partial charge in [0.05, 0.1) is 21.1 Å². The molecular formula is C12H12Cl2N2OS. The van der Waals surface area contributed by atoms with Gasteiger partial charge in [-0.15, -0.1) is 0 Å². The van der Waals surface area contributed by atoms with Crippen molar-refractivity contribution in [1.82, 2.24) is 0 Å². The molecule has 0 spiro atoms. The minimum atomic E-state index is -0.721. The summed E-state index contributed by atoms with van der Waals surface area (Å²) in [6, 6.07) is 4.90. The maximum absolute atomic E-state index is 12.2. The van der Waals surface area contributed by atoms with Crippen LogP contribution in [0.5, 0.6) is 0 Å². The minimum absolute atomic E-state index is 0.203. The van der Waals surface area contributed by atoms with E-state index in [2.05, 4.69) is 5.32 Å². The fourth-order valence-electron chi connectivity index (χ4n) is 1.95. The Labute approximate surface area is 121 Å². The van der Waals surface area contributed by atoms with Crippen LogP contribution in [-0.2, 0) is 4.79 Å². The van der Waals surface area contributed by atoms with Crippen LogP contribution in [-0.4, -0.2) is 10.9 Å². The predicted octanol–water partition coefficient (Wildman–Crippen LogP) is 3.39. The van der Waals surface area contributed by atoms with Crippen LogP contribution in [0.25, 0.3) is 0 Å². The number of thiocarbonyl (C=S) groups is 1. The molecule has 0 bridgehead atoms. The smallest absolute Gasteiger partial charge is 0.237 e. The molecule has 0 unspecified atom stereocenters. The molecule has 2 rings (SSSR count). The van der Waals surface area contributed by atoms with Gasteiger partial charge in [0.15, 0.2) is 0 Å². The van der Waals surface area contributed by atoms with E-state index in [0.717, 1.165) is 6.42 Å². The van der Waals surface area contributed by atoms with Crippen LogP contribution in [0.2, 0.25) is 10.0 Å². The molecule has 0 atom stereocenters. The molecule has 0 heterocycles. The number of rotatable bonds is 3. The van der Waals surface area contributed by atoms with E-state index in [-0.39, 0.29) is 10.9 Å². The third-order valence-electron chi connectivity index (χ3n) is 3.29. The van der Waals surface area contributed by atoms with Crippen molar-refractivity contribution in [2.75, 3.05) is 5.32 Å². The van der Waals surface area contributed by atoms with Gasteiger partial charge >= 0.3 is 0 Å². The Morgan fingerprint density at radius 2 is 2.06 bits per heavy atom. The van der Waals surface area contributed by atoms with Gasteiger partial charge in [-0.1, -0.05) is 41.8 Å². The standard InChI is InChI=1S/C12H12Cl2N2OS/c13-7-2-3-8(14)9(6-7)16-11(17)12(10(15)18)4-1-5-12/h2-3,6H,1,4-5H2,(H2,15,18)(H,16,17). The number of carbonyl (C=O) groups is 1. The molecule has 1 aromatic rings. The lowest BCUT2D eigenvalue weighted by Gasteiger charge is -2.39.